The van der Waals surface area contributed by atoms with Crippen LogP contribution in [0.5, 0.6) is 0 Å². The van der Waals surface area contributed by atoms with Crippen molar-refractivity contribution in [2.24, 2.45) is 0 Å². The van der Waals surface area contributed by atoms with Gasteiger partial charge in [0, 0.05) is 10.5 Å². The van der Waals surface area contributed by atoms with Crippen LogP contribution in [0.25, 0.3) is 0 Å². The van der Waals surface area contributed by atoms with Gasteiger partial charge < -0.3 is 0 Å². The maximum absolute atomic E-state index is 11.6. The molecule has 0 heterocycles. The Morgan fingerprint density at radius 2 is 2.06 bits per heavy atom. The lowest BCUT2D eigenvalue weighted by atomic mass is 10.2. The first-order valence-corrected chi connectivity index (χ1v) is 7.30. The molecule has 1 fully saturated rings. The van der Waals surface area contributed by atoms with E-state index in [0.29, 0.717) is 5.69 Å². The number of hydrogen-bond acceptors (Lipinski definition) is 2. The molecule has 0 radical (unpaired) electrons. The summed E-state index contributed by atoms with van der Waals surface area (Å²) in [6, 6.07) is 5.59. The van der Waals surface area contributed by atoms with Crippen LogP contribution in [0.4, 0.5) is 5.69 Å². The molecule has 0 saturated heterocycles. The molecule has 16 heavy (non-hydrogen) atoms. The molecule has 2 rings (SSSR count). The Labute approximate surface area is 104 Å². The molecule has 0 bridgehead atoms. The summed E-state index contributed by atoms with van der Waals surface area (Å²) in [7, 11) is -3.44. The third-order valence-corrected chi connectivity index (χ3v) is 4.06. The fraction of sp³-hybridized carbons (Fsp3) is 0.400. The van der Waals surface area contributed by atoms with E-state index in [2.05, 4.69) is 25.4 Å². The van der Waals surface area contributed by atoms with Gasteiger partial charge in [-0.3, -0.25) is 4.72 Å². The highest BCUT2D eigenvalue weighted by atomic mass is 79.9. The summed E-state index contributed by atoms with van der Waals surface area (Å²) in [5.74, 6) is 0. The van der Waals surface area contributed by atoms with Crippen molar-refractivity contribution in [3.63, 3.8) is 0 Å². The lowest BCUT2D eigenvalue weighted by molar-refractivity contribution is 0.586. The number of halogens is 1. The van der Waals surface area contributed by atoms with Crippen LogP contribution in [0, 0.1) is 6.92 Å². The lowest BCUT2D eigenvalue weighted by Gasteiger charge is -2.10. The van der Waals surface area contributed by atoms with Crippen LogP contribution in [0.15, 0.2) is 22.7 Å². The van der Waals surface area contributed by atoms with Crippen molar-refractivity contribution in [1.29, 1.82) is 0 Å². The lowest BCUT2D eigenvalue weighted by Crippen LogP contribution is -2.31. The Hall–Kier alpha value is -0.590. The summed E-state index contributed by atoms with van der Waals surface area (Å²) in [5.41, 5.74) is 1.63. The minimum Gasteiger partial charge on any atom is -0.270 e. The molecular weight excluding hydrogens is 292 g/mol. The zero-order valence-corrected chi connectivity index (χ0v) is 11.2. The van der Waals surface area contributed by atoms with Crippen LogP contribution >= 0.6 is 15.9 Å². The first kappa shape index (κ1) is 11.9. The van der Waals surface area contributed by atoms with Crippen molar-refractivity contribution in [2.45, 2.75) is 25.8 Å². The number of nitrogens with one attached hydrogen (secondary N) is 2. The van der Waals surface area contributed by atoms with Crippen molar-refractivity contribution >= 4 is 31.8 Å². The molecule has 1 aromatic carbocycles. The van der Waals surface area contributed by atoms with Crippen molar-refractivity contribution in [3.05, 3.63) is 28.2 Å². The van der Waals surface area contributed by atoms with Crippen molar-refractivity contribution in [2.75, 3.05) is 4.72 Å². The second-order valence-electron chi connectivity index (χ2n) is 3.98. The average Bonchev–Trinajstić information content (AvgIpc) is 2.93. The highest BCUT2D eigenvalue weighted by Gasteiger charge is 2.27. The highest BCUT2D eigenvalue weighted by molar-refractivity contribution is 9.10. The zero-order valence-electron chi connectivity index (χ0n) is 8.83. The molecule has 1 aliphatic carbocycles. The summed E-state index contributed by atoms with van der Waals surface area (Å²) >= 11 is 3.33. The first-order chi connectivity index (χ1) is 7.46. The summed E-state index contributed by atoms with van der Waals surface area (Å²) in [4.78, 5) is 0. The van der Waals surface area contributed by atoms with E-state index in [9.17, 15) is 8.42 Å². The minimum absolute atomic E-state index is 0.113. The van der Waals surface area contributed by atoms with Crippen LogP contribution in [-0.4, -0.2) is 14.5 Å². The smallest absolute Gasteiger partial charge is 0.270 e. The van der Waals surface area contributed by atoms with Gasteiger partial charge in [-0.05, 0) is 53.4 Å². The number of benzene rings is 1. The van der Waals surface area contributed by atoms with Gasteiger partial charge in [-0.25, -0.2) is 0 Å². The Morgan fingerprint density at radius 3 is 2.62 bits per heavy atom. The molecule has 0 aliphatic heterocycles. The number of aryl methyl sites for hydroxylation is 1. The van der Waals surface area contributed by atoms with Gasteiger partial charge in [0.25, 0.3) is 10.2 Å². The zero-order chi connectivity index (χ0) is 11.8. The molecule has 6 heteroatoms. The molecule has 2 N–H and O–H groups in total. The maximum atomic E-state index is 11.6. The van der Waals surface area contributed by atoms with Gasteiger partial charge in [0.05, 0.1) is 5.69 Å². The highest BCUT2D eigenvalue weighted by Crippen LogP contribution is 2.25. The van der Waals surface area contributed by atoms with Gasteiger partial charge in [0.2, 0.25) is 0 Å². The molecule has 0 atom stereocenters. The maximum Gasteiger partial charge on any atom is 0.299 e. The molecule has 0 amide bonds. The van der Waals surface area contributed by atoms with Crippen LogP contribution in [-0.2, 0) is 10.2 Å². The standard InChI is InChI=1S/C10H13BrN2O2S/c1-7-2-5-10(9(11)6-7)13-16(14,15)12-8-3-4-8/h2,5-6,8,12-13H,3-4H2,1H3. The van der Waals surface area contributed by atoms with Gasteiger partial charge >= 0.3 is 0 Å². The predicted molar refractivity (Wildman–Crippen MR) is 67.6 cm³/mol. The van der Waals surface area contributed by atoms with Crippen LogP contribution in [0.1, 0.15) is 18.4 Å². The topological polar surface area (TPSA) is 58.2 Å². The van der Waals surface area contributed by atoms with E-state index < -0.39 is 10.2 Å². The summed E-state index contributed by atoms with van der Waals surface area (Å²) in [6.45, 7) is 1.95. The fourth-order valence-electron chi connectivity index (χ4n) is 1.30. The van der Waals surface area contributed by atoms with Crippen LogP contribution in [0.3, 0.4) is 0 Å². The molecule has 0 spiro atoms. The van der Waals surface area contributed by atoms with Crippen LogP contribution in [0.2, 0.25) is 0 Å². The first-order valence-electron chi connectivity index (χ1n) is 5.02. The molecule has 4 nitrogen and oxygen atoms in total. The Balaban J connectivity index is 2.13. The SMILES string of the molecule is Cc1ccc(NS(=O)(=O)NC2CC2)c(Br)c1. The van der Waals surface area contributed by atoms with Gasteiger partial charge in [0.15, 0.2) is 0 Å². The van der Waals surface area contributed by atoms with E-state index in [4.69, 9.17) is 0 Å². The number of rotatable bonds is 4. The molecule has 1 aromatic rings. The average molecular weight is 305 g/mol. The minimum atomic E-state index is -3.44. The summed E-state index contributed by atoms with van der Waals surface area (Å²) < 4.78 is 29.1. The number of anilines is 1. The molecular formula is C10H13BrN2O2S. The Kier molecular flexibility index (Phi) is 3.23. The van der Waals surface area contributed by atoms with Gasteiger partial charge in [-0.15, -0.1) is 0 Å². The van der Waals surface area contributed by atoms with Crippen molar-refractivity contribution < 1.29 is 8.42 Å². The molecule has 0 unspecified atom stereocenters. The van der Waals surface area contributed by atoms with E-state index in [-0.39, 0.29) is 6.04 Å². The molecule has 0 aromatic heterocycles. The number of hydrogen-bond donors (Lipinski definition) is 2. The fourth-order valence-corrected chi connectivity index (χ4v) is 3.22. The molecule has 1 saturated carbocycles. The van der Waals surface area contributed by atoms with E-state index in [1.165, 1.54) is 0 Å². The third kappa shape index (κ3) is 3.20. The second kappa shape index (κ2) is 4.35. The Bertz CT molecular complexity index is 498. The Morgan fingerprint density at radius 1 is 1.38 bits per heavy atom. The van der Waals surface area contributed by atoms with Gasteiger partial charge in [-0.2, -0.15) is 13.1 Å². The third-order valence-electron chi connectivity index (χ3n) is 2.27. The predicted octanol–water partition coefficient (Wildman–Crippen LogP) is 2.17. The van der Waals surface area contributed by atoms with Gasteiger partial charge in [-0.1, -0.05) is 6.07 Å². The summed E-state index contributed by atoms with van der Waals surface area (Å²) in [5, 5.41) is 0. The van der Waals surface area contributed by atoms with E-state index in [1.54, 1.807) is 6.07 Å². The van der Waals surface area contributed by atoms with Gasteiger partial charge in [0.1, 0.15) is 0 Å². The van der Waals surface area contributed by atoms with E-state index in [1.807, 2.05) is 19.1 Å². The molecule has 1 aliphatic rings. The van der Waals surface area contributed by atoms with Crippen molar-refractivity contribution in [1.82, 2.24) is 4.72 Å². The van der Waals surface area contributed by atoms with Crippen molar-refractivity contribution in [3.8, 4) is 0 Å². The van der Waals surface area contributed by atoms with Crippen LogP contribution < -0.4 is 9.44 Å². The summed E-state index contributed by atoms with van der Waals surface area (Å²) in [6.07, 6.45) is 1.85. The second-order valence-corrected chi connectivity index (χ2v) is 6.28. The largest absolute Gasteiger partial charge is 0.299 e. The molecule has 88 valence electrons. The van der Waals surface area contributed by atoms with E-state index >= 15 is 0 Å². The quantitative estimate of drug-likeness (QED) is 0.895. The monoisotopic (exact) mass is 304 g/mol. The normalized spacial score (nSPS) is 16.1. The van der Waals surface area contributed by atoms with E-state index in [0.717, 1.165) is 22.9 Å².